The van der Waals surface area contributed by atoms with E-state index in [0.29, 0.717) is 11.4 Å². The average Bonchev–Trinajstić information content (AvgIpc) is 3.11. The summed E-state index contributed by atoms with van der Waals surface area (Å²) in [7, 11) is 0. The first-order valence-corrected chi connectivity index (χ1v) is 10.2. The molecule has 0 spiro atoms. The van der Waals surface area contributed by atoms with Crippen molar-refractivity contribution >= 4 is 5.65 Å². The van der Waals surface area contributed by atoms with E-state index < -0.39 is 17.3 Å². The Bertz CT molecular complexity index is 1010. The maximum absolute atomic E-state index is 13.7. The van der Waals surface area contributed by atoms with Gasteiger partial charge in [0.2, 0.25) is 0 Å². The van der Waals surface area contributed by atoms with Gasteiger partial charge in [0.1, 0.15) is 5.69 Å². The van der Waals surface area contributed by atoms with E-state index >= 15 is 0 Å². The number of likely N-dealkylation sites (tertiary alicyclic amines) is 1. The molecule has 1 fully saturated rings. The number of piperidine rings is 1. The van der Waals surface area contributed by atoms with E-state index in [9.17, 15) is 13.2 Å². The molecule has 8 heteroatoms. The number of alkyl halides is 3. The van der Waals surface area contributed by atoms with Gasteiger partial charge in [-0.3, -0.25) is 9.88 Å². The molecule has 0 unspecified atom stereocenters. The van der Waals surface area contributed by atoms with Gasteiger partial charge in [0.05, 0.1) is 17.1 Å². The highest BCUT2D eigenvalue weighted by Crippen LogP contribution is 2.34. The Balaban J connectivity index is 1.57. The fraction of sp³-hybridized carbons (Fsp3) is 0.500. The molecule has 4 rings (SSSR count). The van der Waals surface area contributed by atoms with Crippen molar-refractivity contribution in [3.8, 4) is 0 Å². The molecule has 1 aliphatic rings. The normalized spacial score (nSPS) is 17.0. The van der Waals surface area contributed by atoms with Crippen LogP contribution in [0.5, 0.6) is 0 Å². The largest absolute Gasteiger partial charge is 0.433 e. The Labute approximate surface area is 173 Å². The van der Waals surface area contributed by atoms with Crippen molar-refractivity contribution in [1.82, 2.24) is 24.5 Å². The SMILES string of the molecule is CC(C)(C)c1cc(C(F)(F)F)n2nc(C3CCN(Cc4ccccn4)CC3)cc2n1. The summed E-state index contributed by atoms with van der Waals surface area (Å²) in [5, 5.41) is 4.34. The van der Waals surface area contributed by atoms with Crippen molar-refractivity contribution in [2.75, 3.05) is 13.1 Å². The van der Waals surface area contributed by atoms with Crippen LogP contribution in [0.25, 0.3) is 5.65 Å². The minimum Gasteiger partial charge on any atom is -0.297 e. The number of rotatable bonds is 3. The summed E-state index contributed by atoms with van der Waals surface area (Å²) in [5.74, 6) is 0.130. The minimum atomic E-state index is -4.49. The van der Waals surface area contributed by atoms with Crippen LogP contribution >= 0.6 is 0 Å². The topological polar surface area (TPSA) is 46.3 Å². The number of halogens is 3. The first-order chi connectivity index (χ1) is 14.1. The first-order valence-electron chi connectivity index (χ1n) is 10.2. The van der Waals surface area contributed by atoms with Crippen LogP contribution in [-0.2, 0) is 18.1 Å². The lowest BCUT2D eigenvalue weighted by molar-refractivity contribution is -0.142. The molecule has 4 heterocycles. The second-order valence-electron chi connectivity index (χ2n) is 8.99. The van der Waals surface area contributed by atoms with Gasteiger partial charge in [0.25, 0.3) is 0 Å². The van der Waals surface area contributed by atoms with Crippen LogP contribution in [0, 0.1) is 0 Å². The molecule has 0 amide bonds. The van der Waals surface area contributed by atoms with Crippen LogP contribution in [0.2, 0.25) is 0 Å². The highest BCUT2D eigenvalue weighted by Gasteiger charge is 2.37. The molecule has 0 N–H and O–H groups in total. The molecule has 3 aromatic heterocycles. The second kappa shape index (κ2) is 7.65. The van der Waals surface area contributed by atoms with Crippen LogP contribution in [0.1, 0.15) is 62.3 Å². The summed E-state index contributed by atoms with van der Waals surface area (Å²) in [6.07, 6.45) is -0.999. The molecule has 1 aliphatic heterocycles. The Morgan fingerprint density at radius 3 is 2.40 bits per heavy atom. The van der Waals surface area contributed by atoms with Crippen molar-refractivity contribution in [3.05, 3.63) is 59.3 Å². The van der Waals surface area contributed by atoms with Crippen molar-refractivity contribution in [3.63, 3.8) is 0 Å². The van der Waals surface area contributed by atoms with Crippen LogP contribution in [0.4, 0.5) is 13.2 Å². The molecule has 0 aromatic carbocycles. The van der Waals surface area contributed by atoms with Crippen molar-refractivity contribution in [2.45, 2.75) is 57.7 Å². The highest BCUT2D eigenvalue weighted by atomic mass is 19.4. The molecule has 0 aliphatic carbocycles. The van der Waals surface area contributed by atoms with Gasteiger partial charge in [0.15, 0.2) is 5.65 Å². The molecule has 30 heavy (non-hydrogen) atoms. The van der Waals surface area contributed by atoms with Crippen LogP contribution in [0.3, 0.4) is 0 Å². The molecule has 3 aromatic rings. The van der Waals surface area contributed by atoms with Gasteiger partial charge < -0.3 is 0 Å². The summed E-state index contributed by atoms with van der Waals surface area (Å²) in [6, 6.07) is 8.73. The van der Waals surface area contributed by atoms with Gasteiger partial charge in [-0.1, -0.05) is 26.8 Å². The van der Waals surface area contributed by atoms with Gasteiger partial charge in [-0.25, -0.2) is 9.50 Å². The molecule has 0 saturated carbocycles. The minimum absolute atomic E-state index is 0.130. The van der Waals surface area contributed by atoms with E-state index in [0.717, 1.165) is 48.8 Å². The molecule has 0 atom stereocenters. The van der Waals surface area contributed by atoms with Crippen LogP contribution < -0.4 is 0 Å². The Hall–Kier alpha value is -2.48. The zero-order valence-electron chi connectivity index (χ0n) is 17.4. The summed E-state index contributed by atoms with van der Waals surface area (Å²) in [4.78, 5) is 11.2. The van der Waals surface area contributed by atoms with Crippen molar-refractivity contribution in [2.24, 2.45) is 0 Å². The fourth-order valence-electron chi connectivity index (χ4n) is 3.89. The maximum Gasteiger partial charge on any atom is 0.433 e. The predicted molar refractivity (Wildman–Crippen MR) is 108 cm³/mol. The molecule has 160 valence electrons. The maximum atomic E-state index is 13.7. The van der Waals surface area contributed by atoms with Gasteiger partial charge in [-0.05, 0) is 44.1 Å². The van der Waals surface area contributed by atoms with E-state index in [4.69, 9.17) is 0 Å². The van der Waals surface area contributed by atoms with E-state index in [1.54, 1.807) is 12.3 Å². The average molecular weight is 417 g/mol. The summed E-state index contributed by atoms with van der Waals surface area (Å²) >= 11 is 0. The number of fused-ring (bicyclic) bond motifs is 1. The molecular formula is C22H26F3N5. The Morgan fingerprint density at radius 1 is 1.07 bits per heavy atom. The van der Waals surface area contributed by atoms with E-state index in [2.05, 4.69) is 20.0 Å². The third-order valence-electron chi connectivity index (χ3n) is 5.62. The predicted octanol–water partition coefficient (Wildman–Crippen LogP) is 4.82. The van der Waals surface area contributed by atoms with Gasteiger partial charge >= 0.3 is 6.18 Å². The monoisotopic (exact) mass is 417 g/mol. The van der Waals surface area contributed by atoms with E-state index in [1.807, 2.05) is 39.0 Å². The van der Waals surface area contributed by atoms with Crippen LogP contribution in [-0.4, -0.2) is 37.6 Å². The molecular weight excluding hydrogens is 391 g/mol. The molecule has 1 saturated heterocycles. The van der Waals surface area contributed by atoms with Gasteiger partial charge in [0, 0.05) is 30.1 Å². The van der Waals surface area contributed by atoms with E-state index in [1.165, 1.54) is 0 Å². The standard InChI is InChI=1S/C22H26F3N5/c1-21(2,3)18-13-19(22(23,24)25)30-20(27-18)12-17(28-30)15-7-10-29(11-8-15)14-16-6-4-5-9-26-16/h4-6,9,12-13,15H,7-8,10-11,14H2,1-3H3. The van der Waals surface area contributed by atoms with Crippen molar-refractivity contribution < 1.29 is 13.2 Å². The number of aromatic nitrogens is 4. The number of nitrogens with zero attached hydrogens (tertiary/aromatic N) is 5. The Morgan fingerprint density at radius 2 is 1.80 bits per heavy atom. The quantitative estimate of drug-likeness (QED) is 0.613. The lowest BCUT2D eigenvalue weighted by Crippen LogP contribution is -2.32. The third-order valence-corrected chi connectivity index (χ3v) is 5.62. The molecule has 0 radical (unpaired) electrons. The summed E-state index contributed by atoms with van der Waals surface area (Å²) in [5.41, 5.74) is 1.15. The lowest BCUT2D eigenvalue weighted by Gasteiger charge is -2.30. The van der Waals surface area contributed by atoms with Crippen molar-refractivity contribution in [1.29, 1.82) is 0 Å². The zero-order valence-corrected chi connectivity index (χ0v) is 17.4. The zero-order chi connectivity index (χ0) is 21.5. The third kappa shape index (κ3) is 4.33. The smallest absolute Gasteiger partial charge is 0.297 e. The van der Waals surface area contributed by atoms with Gasteiger partial charge in [-0.15, -0.1) is 0 Å². The van der Waals surface area contributed by atoms with E-state index in [-0.39, 0.29) is 11.6 Å². The summed E-state index contributed by atoms with van der Waals surface area (Å²) in [6.45, 7) is 8.10. The fourth-order valence-corrected chi connectivity index (χ4v) is 3.89. The molecule has 0 bridgehead atoms. The van der Waals surface area contributed by atoms with Crippen LogP contribution in [0.15, 0.2) is 36.5 Å². The number of pyridine rings is 1. The highest BCUT2D eigenvalue weighted by molar-refractivity contribution is 5.44. The Kier molecular flexibility index (Phi) is 5.30. The summed E-state index contributed by atoms with van der Waals surface area (Å²) < 4.78 is 42.0. The second-order valence-corrected chi connectivity index (χ2v) is 8.99. The lowest BCUT2D eigenvalue weighted by atomic mass is 9.91. The molecule has 5 nitrogen and oxygen atoms in total. The number of hydrogen-bond donors (Lipinski definition) is 0. The number of hydrogen-bond acceptors (Lipinski definition) is 4. The first kappa shape index (κ1) is 20.8. The van der Waals surface area contributed by atoms with Gasteiger partial charge in [-0.2, -0.15) is 18.3 Å².